The van der Waals surface area contributed by atoms with Crippen LogP contribution in [0.2, 0.25) is 0 Å². The van der Waals surface area contributed by atoms with E-state index in [2.05, 4.69) is 26.2 Å². The summed E-state index contributed by atoms with van der Waals surface area (Å²) in [5, 5.41) is 12.6. The van der Waals surface area contributed by atoms with Crippen LogP contribution in [0.15, 0.2) is 16.7 Å². The zero-order chi connectivity index (χ0) is 14.6. The highest BCUT2D eigenvalue weighted by Gasteiger charge is 2.21. The number of carbonyl (C=O) groups excluding carboxylic acids is 1. The van der Waals surface area contributed by atoms with Gasteiger partial charge in [-0.15, -0.1) is 0 Å². The topological polar surface area (TPSA) is 65.5 Å². The fourth-order valence-electron chi connectivity index (χ4n) is 1.65. The number of aryl methyl sites for hydroxylation is 1. The summed E-state index contributed by atoms with van der Waals surface area (Å²) in [4.78, 5) is 17.9. The third kappa shape index (κ3) is 5.16. The summed E-state index contributed by atoms with van der Waals surface area (Å²) < 4.78 is 0.729. The highest BCUT2D eigenvalue weighted by atomic mass is 79.9. The standard InChI is InChI=1S/C13H20BrN3O2/c1-5-17(8-13(3,4)19)12(18)16-10-6-7-11(14)15-9(10)2/h6-7,19H,5,8H2,1-4H3,(H,16,18). The van der Waals surface area contributed by atoms with Crippen molar-refractivity contribution < 1.29 is 9.90 Å². The molecule has 0 fully saturated rings. The third-order valence-corrected chi connectivity index (χ3v) is 2.98. The van der Waals surface area contributed by atoms with Crippen LogP contribution >= 0.6 is 15.9 Å². The number of aromatic nitrogens is 1. The zero-order valence-corrected chi connectivity index (χ0v) is 13.3. The first-order chi connectivity index (χ1) is 8.73. The van der Waals surface area contributed by atoms with E-state index in [0.717, 1.165) is 10.3 Å². The molecule has 1 heterocycles. The van der Waals surface area contributed by atoms with Gasteiger partial charge >= 0.3 is 6.03 Å². The van der Waals surface area contributed by atoms with Gasteiger partial charge in [0, 0.05) is 6.54 Å². The smallest absolute Gasteiger partial charge is 0.321 e. The zero-order valence-electron chi connectivity index (χ0n) is 11.7. The SMILES string of the molecule is CCN(CC(C)(C)O)C(=O)Nc1ccc(Br)nc1C. The van der Waals surface area contributed by atoms with Crippen LogP contribution < -0.4 is 5.32 Å². The summed E-state index contributed by atoms with van der Waals surface area (Å²) in [6, 6.07) is 3.33. The van der Waals surface area contributed by atoms with Crippen LogP contribution in [-0.4, -0.2) is 39.7 Å². The minimum Gasteiger partial charge on any atom is -0.389 e. The molecule has 1 aromatic rings. The minimum atomic E-state index is -0.916. The number of rotatable bonds is 4. The maximum Gasteiger partial charge on any atom is 0.321 e. The Labute approximate surface area is 122 Å². The van der Waals surface area contributed by atoms with Gasteiger partial charge in [-0.3, -0.25) is 0 Å². The van der Waals surface area contributed by atoms with E-state index in [-0.39, 0.29) is 12.6 Å². The maximum absolute atomic E-state index is 12.1. The van der Waals surface area contributed by atoms with Crippen molar-refractivity contribution in [1.29, 1.82) is 0 Å². The Bertz CT molecular complexity index is 458. The van der Waals surface area contributed by atoms with Crippen LogP contribution in [0.1, 0.15) is 26.5 Å². The van der Waals surface area contributed by atoms with Crippen molar-refractivity contribution >= 4 is 27.6 Å². The number of hydrogen-bond acceptors (Lipinski definition) is 3. The lowest BCUT2D eigenvalue weighted by Crippen LogP contribution is -2.44. The molecule has 106 valence electrons. The number of aliphatic hydroxyl groups is 1. The number of hydrogen-bond donors (Lipinski definition) is 2. The molecule has 0 atom stereocenters. The van der Waals surface area contributed by atoms with Crippen LogP contribution in [0.3, 0.4) is 0 Å². The summed E-state index contributed by atoms with van der Waals surface area (Å²) in [5.41, 5.74) is 0.491. The Kier molecular flexibility index (Phi) is 5.31. The van der Waals surface area contributed by atoms with Crippen LogP contribution in [0, 0.1) is 6.92 Å². The molecular formula is C13H20BrN3O2. The van der Waals surface area contributed by atoms with Gasteiger partial charge in [0.1, 0.15) is 4.60 Å². The van der Waals surface area contributed by atoms with Crippen molar-refractivity contribution in [2.24, 2.45) is 0 Å². The van der Waals surface area contributed by atoms with E-state index in [9.17, 15) is 9.90 Å². The van der Waals surface area contributed by atoms with Gasteiger partial charge in [-0.1, -0.05) is 0 Å². The summed E-state index contributed by atoms with van der Waals surface area (Å²) in [6.45, 7) is 7.85. The molecule has 19 heavy (non-hydrogen) atoms. The Morgan fingerprint density at radius 3 is 2.63 bits per heavy atom. The van der Waals surface area contributed by atoms with Gasteiger partial charge in [-0.05, 0) is 55.8 Å². The van der Waals surface area contributed by atoms with E-state index in [4.69, 9.17) is 0 Å². The molecule has 0 saturated heterocycles. The number of halogens is 1. The predicted molar refractivity (Wildman–Crippen MR) is 79.2 cm³/mol. The molecule has 1 aromatic heterocycles. The molecule has 1 rings (SSSR count). The predicted octanol–water partition coefficient (Wildman–Crippen LogP) is 2.78. The molecule has 0 aliphatic heterocycles. The van der Waals surface area contributed by atoms with E-state index < -0.39 is 5.60 Å². The van der Waals surface area contributed by atoms with Gasteiger partial charge in [-0.2, -0.15) is 0 Å². The van der Waals surface area contributed by atoms with Crippen molar-refractivity contribution in [3.05, 3.63) is 22.4 Å². The number of nitrogens with one attached hydrogen (secondary N) is 1. The number of nitrogens with zero attached hydrogens (tertiary/aromatic N) is 2. The lowest BCUT2D eigenvalue weighted by Gasteiger charge is -2.28. The average Bonchev–Trinajstić information content (AvgIpc) is 2.28. The second-order valence-corrected chi connectivity index (χ2v) is 5.84. The summed E-state index contributed by atoms with van der Waals surface area (Å²) in [5.74, 6) is 0. The Hall–Kier alpha value is -1.14. The molecule has 0 bridgehead atoms. The summed E-state index contributed by atoms with van der Waals surface area (Å²) in [6.07, 6.45) is 0. The quantitative estimate of drug-likeness (QED) is 0.835. The van der Waals surface area contributed by atoms with Gasteiger partial charge in [0.05, 0.1) is 23.5 Å². The third-order valence-electron chi connectivity index (χ3n) is 2.54. The molecule has 0 aliphatic carbocycles. The molecule has 6 heteroatoms. The molecule has 0 unspecified atom stereocenters. The molecule has 0 radical (unpaired) electrons. The second-order valence-electron chi connectivity index (χ2n) is 5.02. The number of anilines is 1. The van der Waals surface area contributed by atoms with E-state index >= 15 is 0 Å². The number of likely N-dealkylation sites (N-methyl/N-ethyl adjacent to an activating group) is 1. The first kappa shape index (κ1) is 15.9. The molecule has 0 aromatic carbocycles. The van der Waals surface area contributed by atoms with Crippen LogP contribution in [0.25, 0.3) is 0 Å². The lowest BCUT2D eigenvalue weighted by atomic mass is 10.1. The summed E-state index contributed by atoms with van der Waals surface area (Å²) >= 11 is 3.28. The van der Waals surface area contributed by atoms with Gasteiger partial charge in [0.25, 0.3) is 0 Å². The highest BCUT2D eigenvalue weighted by Crippen LogP contribution is 2.17. The van der Waals surface area contributed by atoms with Crippen molar-refractivity contribution in [3.8, 4) is 0 Å². The minimum absolute atomic E-state index is 0.239. The number of urea groups is 1. The fourth-order valence-corrected chi connectivity index (χ4v) is 2.05. The average molecular weight is 330 g/mol. The molecule has 2 amide bonds. The van der Waals surface area contributed by atoms with E-state index in [1.165, 1.54) is 0 Å². The van der Waals surface area contributed by atoms with Crippen molar-refractivity contribution in [2.45, 2.75) is 33.3 Å². The van der Waals surface area contributed by atoms with Crippen molar-refractivity contribution in [2.75, 3.05) is 18.4 Å². The second kappa shape index (κ2) is 6.34. The van der Waals surface area contributed by atoms with Crippen LogP contribution in [0.4, 0.5) is 10.5 Å². The first-order valence-corrected chi connectivity index (χ1v) is 6.93. The van der Waals surface area contributed by atoms with Crippen LogP contribution in [-0.2, 0) is 0 Å². The van der Waals surface area contributed by atoms with Gasteiger partial charge in [-0.25, -0.2) is 9.78 Å². The van der Waals surface area contributed by atoms with Gasteiger partial charge in [0.2, 0.25) is 0 Å². The number of carbonyl (C=O) groups is 1. The molecule has 5 nitrogen and oxygen atoms in total. The first-order valence-electron chi connectivity index (χ1n) is 6.14. The van der Waals surface area contributed by atoms with E-state index in [1.807, 2.05) is 13.8 Å². The summed E-state index contributed by atoms with van der Waals surface area (Å²) in [7, 11) is 0. The highest BCUT2D eigenvalue weighted by molar-refractivity contribution is 9.10. The van der Waals surface area contributed by atoms with Crippen molar-refractivity contribution in [1.82, 2.24) is 9.88 Å². The molecule has 0 spiro atoms. The van der Waals surface area contributed by atoms with Gasteiger partial charge < -0.3 is 15.3 Å². The normalized spacial score (nSPS) is 11.3. The maximum atomic E-state index is 12.1. The van der Waals surface area contributed by atoms with E-state index in [0.29, 0.717) is 12.2 Å². The number of amides is 2. The van der Waals surface area contributed by atoms with Gasteiger partial charge in [0.15, 0.2) is 0 Å². The molecule has 2 N–H and O–H groups in total. The van der Waals surface area contributed by atoms with Crippen molar-refractivity contribution in [3.63, 3.8) is 0 Å². The largest absolute Gasteiger partial charge is 0.389 e. The molecule has 0 aliphatic rings. The molecule has 0 saturated carbocycles. The Morgan fingerprint density at radius 1 is 1.53 bits per heavy atom. The van der Waals surface area contributed by atoms with Crippen LogP contribution in [0.5, 0.6) is 0 Å². The lowest BCUT2D eigenvalue weighted by molar-refractivity contribution is 0.0501. The van der Waals surface area contributed by atoms with E-state index in [1.54, 1.807) is 30.9 Å². The Balaban J connectivity index is 2.77. The Morgan fingerprint density at radius 2 is 2.16 bits per heavy atom. The monoisotopic (exact) mass is 329 g/mol. The number of pyridine rings is 1. The molecular weight excluding hydrogens is 310 g/mol. The fraction of sp³-hybridized carbons (Fsp3) is 0.538.